The van der Waals surface area contributed by atoms with Gasteiger partial charge in [0.2, 0.25) is 5.91 Å². The molecule has 3 N–H and O–H groups in total. The fourth-order valence-corrected chi connectivity index (χ4v) is 4.30. The minimum absolute atomic E-state index is 0.0374. The van der Waals surface area contributed by atoms with Crippen molar-refractivity contribution in [2.45, 2.75) is 84.0 Å². The van der Waals surface area contributed by atoms with Crippen molar-refractivity contribution in [3.8, 4) is 0 Å². The topological polar surface area (TPSA) is 95.7 Å². The van der Waals surface area contributed by atoms with Gasteiger partial charge in [0, 0.05) is 18.8 Å². The molecule has 0 radical (unpaired) electrons. The number of nitrogens with two attached hydrogens (primary N) is 1. The molecule has 0 aliphatic rings. The predicted molar refractivity (Wildman–Crippen MR) is 148 cm³/mol. The molecule has 0 bridgehead atoms. The number of nitrogens with one attached hydrogen (secondary N) is 1. The third kappa shape index (κ3) is 21.6. The summed E-state index contributed by atoms with van der Waals surface area (Å²) in [5.41, 5.74) is 5.61. The van der Waals surface area contributed by atoms with Crippen LogP contribution in [0.2, 0.25) is 0 Å². The Morgan fingerprint density at radius 2 is 1.40 bits per heavy atom. The minimum atomic E-state index is -0.0374. The summed E-state index contributed by atoms with van der Waals surface area (Å²) >= 11 is 1.79. The van der Waals surface area contributed by atoms with Gasteiger partial charge < -0.3 is 25.3 Å². The van der Waals surface area contributed by atoms with Gasteiger partial charge in [-0.15, -0.1) is 0 Å². The highest BCUT2D eigenvalue weighted by molar-refractivity contribution is 7.99. The van der Waals surface area contributed by atoms with Crippen LogP contribution in [0.15, 0.2) is 18.2 Å². The average Bonchev–Trinajstić information content (AvgIpc) is 2.84. The molecule has 35 heavy (non-hydrogen) atoms. The highest BCUT2D eigenvalue weighted by Gasteiger charge is 2.03. The molecule has 1 heterocycles. The lowest BCUT2D eigenvalue weighted by Gasteiger charge is -2.07. The Labute approximate surface area is 217 Å². The van der Waals surface area contributed by atoms with E-state index in [4.69, 9.17) is 19.9 Å². The summed E-state index contributed by atoms with van der Waals surface area (Å²) < 4.78 is 16.8. The molecule has 202 valence electrons. The number of thioether (sulfide) groups is 1. The maximum Gasteiger partial charge on any atom is 0.225 e. The van der Waals surface area contributed by atoms with Crippen LogP contribution in [0.4, 0.5) is 11.6 Å². The number of nitrogen functional groups attached to an aromatic ring is 1. The Hall–Kier alpha value is -1.35. The van der Waals surface area contributed by atoms with Gasteiger partial charge in [0.15, 0.2) is 0 Å². The number of carbonyl (C=O) groups is 1. The van der Waals surface area contributed by atoms with Gasteiger partial charge in [0.05, 0.1) is 33.0 Å². The van der Waals surface area contributed by atoms with Crippen LogP contribution in [0, 0.1) is 0 Å². The Kier molecular flexibility index (Phi) is 22.0. The summed E-state index contributed by atoms with van der Waals surface area (Å²) in [7, 11) is 0. The molecule has 0 aromatic carbocycles. The lowest BCUT2D eigenvalue weighted by molar-refractivity contribution is -0.116. The molecule has 1 rings (SSSR count). The van der Waals surface area contributed by atoms with Gasteiger partial charge in [-0.05, 0) is 30.7 Å². The smallest absolute Gasteiger partial charge is 0.225 e. The number of rotatable bonds is 25. The number of carbonyl (C=O) groups excluding carboxylic acids is 1. The molecular weight excluding hydrogens is 462 g/mol. The molecule has 1 aromatic rings. The Morgan fingerprint density at radius 1 is 0.800 bits per heavy atom. The third-order valence-electron chi connectivity index (χ3n) is 5.49. The number of pyridine rings is 1. The summed E-state index contributed by atoms with van der Waals surface area (Å²) in [6.45, 7) is 6.30. The first-order valence-corrected chi connectivity index (χ1v) is 14.7. The molecule has 0 saturated heterocycles. The van der Waals surface area contributed by atoms with Crippen molar-refractivity contribution < 1.29 is 19.0 Å². The van der Waals surface area contributed by atoms with E-state index in [0.29, 0.717) is 51.1 Å². The zero-order valence-corrected chi connectivity index (χ0v) is 22.8. The maximum absolute atomic E-state index is 11.9. The standard InChI is InChI=1S/C27H49N3O4S/c1-2-3-4-5-6-7-8-9-10-11-17-32-18-19-33-20-21-34-22-24-35-23-13-16-27(31)30-26-15-12-14-25(28)29-26/h12,14-15H,2-11,13,16-24H2,1H3,(H3,28,29,30,31). The number of aromatic nitrogens is 1. The largest absolute Gasteiger partial charge is 0.384 e. The molecule has 0 fully saturated rings. The van der Waals surface area contributed by atoms with E-state index in [-0.39, 0.29) is 5.91 Å². The fourth-order valence-electron chi connectivity index (χ4n) is 3.51. The average molecular weight is 512 g/mol. The number of hydrogen-bond acceptors (Lipinski definition) is 7. The lowest BCUT2D eigenvalue weighted by Crippen LogP contribution is -2.13. The number of unbranched alkanes of at least 4 members (excludes halogenated alkanes) is 9. The van der Waals surface area contributed by atoms with E-state index < -0.39 is 0 Å². The van der Waals surface area contributed by atoms with Gasteiger partial charge in [0.25, 0.3) is 0 Å². The first-order valence-electron chi connectivity index (χ1n) is 13.6. The molecule has 1 aromatic heterocycles. The first kappa shape index (κ1) is 31.7. The summed E-state index contributed by atoms with van der Waals surface area (Å²) in [6.07, 6.45) is 14.8. The zero-order valence-electron chi connectivity index (χ0n) is 21.9. The Bertz CT molecular complexity index is 622. The normalized spacial score (nSPS) is 11.1. The van der Waals surface area contributed by atoms with Crippen LogP contribution in [-0.2, 0) is 19.0 Å². The molecule has 0 unspecified atom stereocenters. The van der Waals surface area contributed by atoms with Gasteiger partial charge in [-0.3, -0.25) is 4.79 Å². The van der Waals surface area contributed by atoms with E-state index in [0.717, 1.165) is 31.0 Å². The fraction of sp³-hybridized carbons (Fsp3) is 0.778. The van der Waals surface area contributed by atoms with Crippen molar-refractivity contribution in [1.82, 2.24) is 4.98 Å². The predicted octanol–water partition coefficient (Wildman–Crippen LogP) is 6.09. The zero-order chi connectivity index (χ0) is 25.2. The van der Waals surface area contributed by atoms with E-state index in [1.165, 1.54) is 57.8 Å². The second-order valence-electron chi connectivity index (χ2n) is 8.73. The molecule has 1 amide bonds. The van der Waals surface area contributed by atoms with Crippen LogP contribution in [0.25, 0.3) is 0 Å². The molecule has 0 atom stereocenters. The monoisotopic (exact) mass is 511 g/mol. The second-order valence-corrected chi connectivity index (χ2v) is 9.96. The van der Waals surface area contributed by atoms with E-state index >= 15 is 0 Å². The van der Waals surface area contributed by atoms with Crippen molar-refractivity contribution >= 4 is 29.3 Å². The molecule has 8 heteroatoms. The maximum atomic E-state index is 11.9. The molecular formula is C27H49N3O4S. The molecule has 0 aliphatic heterocycles. The molecule has 0 aliphatic carbocycles. The second kappa shape index (κ2) is 24.3. The van der Waals surface area contributed by atoms with Gasteiger partial charge in [-0.2, -0.15) is 11.8 Å². The Morgan fingerprint density at radius 3 is 2.06 bits per heavy atom. The van der Waals surface area contributed by atoms with Crippen LogP contribution in [0.3, 0.4) is 0 Å². The van der Waals surface area contributed by atoms with Crippen LogP contribution in [0.5, 0.6) is 0 Å². The SMILES string of the molecule is CCCCCCCCCCCCOCCOCCOCCSCCCC(=O)Nc1cccc(N)n1. The van der Waals surface area contributed by atoms with Crippen molar-refractivity contribution in [2.75, 3.05) is 62.2 Å². The van der Waals surface area contributed by atoms with Gasteiger partial charge >= 0.3 is 0 Å². The van der Waals surface area contributed by atoms with Crippen LogP contribution in [-0.4, -0.2) is 62.0 Å². The van der Waals surface area contributed by atoms with Crippen LogP contribution >= 0.6 is 11.8 Å². The van der Waals surface area contributed by atoms with Gasteiger partial charge in [0.1, 0.15) is 11.6 Å². The van der Waals surface area contributed by atoms with Crippen molar-refractivity contribution in [1.29, 1.82) is 0 Å². The first-order chi connectivity index (χ1) is 17.2. The highest BCUT2D eigenvalue weighted by atomic mass is 32.2. The van der Waals surface area contributed by atoms with Crippen molar-refractivity contribution in [2.24, 2.45) is 0 Å². The number of ether oxygens (including phenoxy) is 3. The van der Waals surface area contributed by atoms with Crippen molar-refractivity contribution in [3.63, 3.8) is 0 Å². The van der Waals surface area contributed by atoms with Gasteiger partial charge in [-0.1, -0.05) is 70.8 Å². The molecule has 7 nitrogen and oxygen atoms in total. The van der Waals surface area contributed by atoms with E-state index in [1.54, 1.807) is 30.0 Å². The number of hydrogen-bond donors (Lipinski definition) is 2. The number of amides is 1. The summed E-state index contributed by atoms with van der Waals surface area (Å²) in [5.74, 6) is 2.70. The van der Waals surface area contributed by atoms with Crippen LogP contribution < -0.4 is 11.1 Å². The summed E-state index contributed by atoms with van der Waals surface area (Å²) in [6, 6.07) is 5.19. The third-order valence-corrected chi connectivity index (χ3v) is 6.52. The number of anilines is 2. The van der Waals surface area contributed by atoms with E-state index in [2.05, 4.69) is 17.2 Å². The molecule has 0 spiro atoms. The summed E-state index contributed by atoms with van der Waals surface area (Å²) in [4.78, 5) is 16.0. The summed E-state index contributed by atoms with van der Waals surface area (Å²) in [5, 5.41) is 2.76. The lowest BCUT2D eigenvalue weighted by atomic mass is 10.1. The minimum Gasteiger partial charge on any atom is -0.384 e. The highest BCUT2D eigenvalue weighted by Crippen LogP contribution is 2.11. The number of nitrogens with zero attached hydrogens (tertiary/aromatic N) is 1. The van der Waals surface area contributed by atoms with E-state index in [9.17, 15) is 4.79 Å². The van der Waals surface area contributed by atoms with E-state index in [1.807, 2.05) is 0 Å². The quantitative estimate of drug-likeness (QED) is 0.153. The van der Waals surface area contributed by atoms with Crippen molar-refractivity contribution in [3.05, 3.63) is 18.2 Å². The van der Waals surface area contributed by atoms with Gasteiger partial charge in [-0.25, -0.2) is 4.98 Å². The molecule has 0 saturated carbocycles. The Balaban J connectivity index is 1.71. The van der Waals surface area contributed by atoms with Crippen LogP contribution in [0.1, 0.15) is 84.0 Å².